The molecule has 0 amide bonds. The number of aryl methyl sites for hydroxylation is 2. The Morgan fingerprint density at radius 3 is 2.04 bits per heavy atom. The molecule has 26 heavy (non-hydrogen) atoms. The van der Waals surface area contributed by atoms with E-state index in [4.69, 9.17) is 9.47 Å². The molecule has 1 saturated heterocycles. The molecular weight excluding hydrogens is 342 g/mol. The lowest BCUT2D eigenvalue weighted by atomic mass is 10.2. The van der Waals surface area contributed by atoms with E-state index in [1.54, 1.807) is 18.2 Å². The van der Waals surface area contributed by atoms with Crippen molar-refractivity contribution in [3.63, 3.8) is 0 Å². The molecule has 1 N–H and O–H groups in total. The van der Waals surface area contributed by atoms with Crippen LogP contribution in [0.1, 0.15) is 13.8 Å². The van der Waals surface area contributed by atoms with Crippen LogP contribution in [0.2, 0.25) is 0 Å². The summed E-state index contributed by atoms with van der Waals surface area (Å²) >= 11 is 0. The van der Waals surface area contributed by atoms with E-state index in [9.17, 15) is 19.2 Å². The molecule has 0 radical (unpaired) electrons. The van der Waals surface area contributed by atoms with Gasteiger partial charge in [-0.3, -0.25) is 9.59 Å². The second kappa shape index (κ2) is 5.87. The Kier molecular flexibility index (Phi) is 3.94. The van der Waals surface area contributed by atoms with Gasteiger partial charge in [0.1, 0.15) is 0 Å². The first-order valence-electron chi connectivity index (χ1n) is 7.74. The summed E-state index contributed by atoms with van der Waals surface area (Å²) in [6.07, 6.45) is 1.18. The Morgan fingerprint density at radius 1 is 0.923 bits per heavy atom. The third-order valence-corrected chi connectivity index (χ3v) is 3.99. The quantitative estimate of drug-likeness (QED) is 0.357. The fourth-order valence-electron chi connectivity index (χ4n) is 2.61. The summed E-state index contributed by atoms with van der Waals surface area (Å²) in [5.41, 5.74) is 0.0159. The van der Waals surface area contributed by atoms with Crippen molar-refractivity contribution in [2.24, 2.45) is 14.1 Å². The second-order valence-electron chi connectivity index (χ2n) is 6.31. The third kappa shape index (κ3) is 2.87. The maximum absolute atomic E-state index is 11.9. The maximum Gasteiger partial charge on any atom is 0.350 e. The molecule has 1 aromatic carbocycles. The molecule has 0 atom stereocenters. The predicted octanol–water partition coefficient (Wildman–Crippen LogP) is 0.369. The topological polar surface area (TPSA) is 109 Å². The van der Waals surface area contributed by atoms with Crippen LogP contribution in [0.3, 0.4) is 0 Å². The number of carbonyl (C=O) groups excluding carboxylic acids is 2. The van der Waals surface area contributed by atoms with Crippen LogP contribution in [0.4, 0.5) is 5.69 Å². The molecule has 9 heteroatoms. The predicted molar refractivity (Wildman–Crippen MR) is 92.4 cm³/mol. The first-order valence-corrected chi connectivity index (χ1v) is 7.74. The summed E-state index contributed by atoms with van der Waals surface area (Å²) in [4.78, 5) is 47.6. The number of nitrogens with zero attached hydrogens (tertiary/aromatic N) is 2. The van der Waals surface area contributed by atoms with Crippen LogP contribution >= 0.6 is 0 Å². The highest BCUT2D eigenvalue weighted by molar-refractivity contribution is 6.15. The van der Waals surface area contributed by atoms with Crippen LogP contribution in [0, 0.1) is 0 Å². The number of hydrogen-bond donors (Lipinski definition) is 1. The first-order chi connectivity index (χ1) is 12.1. The zero-order chi connectivity index (χ0) is 19.2. The van der Waals surface area contributed by atoms with Crippen LogP contribution in [0.5, 0.6) is 0 Å². The number of anilines is 1. The van der Waals surface area contributed by atoms with Gasteiger partial charge in [-0.05, 0) is 18.2 Å². The summed E-state index contributed by atoms with van der Waals surface area (Å²) in [5, 5.41) is 2.81. The molecule has 1 aliphatic rings. The van der Waals surface area contributed by atoms with Crippen molar-refractivity contribution in [3.8, 4) is 0 Å². The highest BCUT2D eigenvalue weighted by atomic mass is 16.7. The summed E-state index contributed by atoms with van der Waals surface area (Å²) in [6.45, 7) is 2.92. The van der Waals surface area contributed by atoms with Gasteiger partial charge in [-0.2, -0.15) is 0 Å². The number of benzene rings is 1. The van der Waals surface area contributed by atoms with E-state index in [1.807, 2.05) is 0 Å². The first kappa shape index (κ1) is 17.5. The Labute approximate surface area is 147 Å². The standard InChI is InChI=1S/C17H17N3O6/c1-17(2)25-15(23)10(16(24)26-17)8-18-9-5-6-11-12(7-9)20(4)14(22)13(21)19(11)3/h5-8,18H,1-4H3. The molecule has 0 spiro atoms. The Morgan fingerprint density at radius 2 is 1.46 bits per heavy atom. The monoisotopic (exact) mass is 359 g/mol. The average Bonchev–Trinajstić information content (AvgIpc) is 2.56. The van der Waals surface area contributed by atoms with Crippen molar-refractivity contribution < 1.29 is 19.1 Å². The minimum atomic E-state index is -1.31. The molecule has 1 fully saturated rings. The number of rotatable bonds is 2. The zero-order valence-electron chi connectivity index (χ0n) is 14.7. The molecule has 0 aliphatic carbocycles. The van der Waals surface area contributed by atoms with Crippen LogP contribution in [0.25, 0.3) is 11.0 Å². The van der Waals surface area contributed by atoms with Gasteiger partial charge in [-0.15, -0.1) is 0 Å². The Balaban J connectivity index is 1.98. The number of nitrogens with one attached hydrogen (secondary N) is 1. The number of cyclic esters (lactones) is 2. The molecular formula is C17H17N3O6. The smallest absolute Gasteiger partial charge is 0.350 e. The number of esters is 2. The van der Waals surface area contributed by atoms with E-state index in [2.05, 4.69) is 5.32 Å². The molecule has 2 aromatic rings. The van der Waals surface area contributed by atoms with E-state index in [1.165, 1.54) is 43.3 Å². The van der Waals surface area contributed by atoms with Crippen molar-refractivity contribution in [3.05, 3.63) is 50.7 Å². The van der Waals surface area contributed by atoms with Crippen molar-refractivity contribution >= 4 is 28.7 Å². The van der Waals surface area contributed by atoms with Gasteiger partial charge >= 0.3 is 23.1 Å². The minimum Gasteiger partial charge on any atom is -0.419 e. The average molecular weight is 359 g/mol. The van der Waals surface area contributed by atoms with Gasteiger partial charge in [0.25, 0.3) is 5.79 Å². The summed E-state index contributed by atoms with van der Waals surface area (Å²) < 4.78 is 12.5. The van der Waals surface area contributed by atoms with Gasteiger partial charge in [0.05, 0.1) is 11.0 Å². The summed E-state index contributed by atoms with van der Waals surface area (Å²) in [7, 11) is 3.00. The Bertz CT molecular complexity index is 1070. The van der Waals surface area contributed by atoms with E-state index in [-0.39, 0.29) is 5.57 Å². The lowest BCUT2D eigenvalue weighted by Crippen LogP contribution is -2.42. The van der Waals surface area contributed by atoms with Gasteiger partial charge in [0, 0.05) is 39.8 Å². The van der Waals surface area contributed by atoms with E-state index in [0.29, 0.717) is 16.7 Å². The van der Waals surface area contributed by atoms with Crippen LogP contribution in [0.15, 0.2) is 39.6 Å². The third-order valence-electron chi connectivity index (χ3n) is 3.99. The second-order valence-corrected chi connectivity index (χ2v) is 6.31. The number of ether oxygens (including phenoxy) is 2. The summed E-state index contributed by atoms with van der Waals surface area (Å²) in [6, 6.07) is 4.92. The molecule has 0 bridgehead atoms. The number of fused-ring (bicyclic) bond motifs is 1. The van der Waals surface area contributed by atoms with Gasteiger partial charge in [-0.1, -0.05) is 0 Å². The van der Waals surface area contributed by atoms with Gasteiger partial charge < -0.3 is 23.9 Å². The molecule has 9 nitrogen and oxygen atoms in total. The van der Waals surface area contributed by atoms with Crippen molar-refractivity contribution in [1.82, 2.24) is 9.13 Å². The fraction of sp³-hybridized carbons (Fsp3) is 0.294. The molecule has 136 valence electrons. The SMILES string of the molecule is Cn1c(=O)c(=O)n(C)c2cc(NC=C3C(=O)OC(C)(C)OC3=O)ccc21. The van der Waals surface area contributed by atoms with Gasteiger partial charge in [-0.25, -0.2) is 9.59 Å². The van der Waals surface area contributed by atoms with Crippen LogP contribution in [-0.4, -0.2) is 26.9 Å². The molecule has 1 aliphatic heterocycles. The molecule has 0 unspecified atom stereocenters. The van der Waals surface area contributed by atoms with Gasteiger partial charge in [0.15, 0.2) is 5.57 Å². The maximum atomic E-state index is 11.9. The highest BCUT2D eigenvalue weighted by Crippen LogP contribution is 2.23. The molecule has 2 heterocycles. The minimum absolute atomic E-state index is 0.279. The Hall–Kier alpha value is -3.36. The van der Waals surface area contributed by atoms with Crippen molar-refractivity contribution in [1.29, 1.82) is 0 Å². The van der Waals surface area contributed by atoms with Gasteiger partial charge in [0.2, 0.25) is 0 Å². The number of carbonyl (C=O) groups is 2. The lowest BCUT2D eigenvalue weighted by molar-refractivity contribution is -0.222. The van der Waals surface area contributed by atoms with Crippen LogP contribution in [-0.2, 0) is 33.2 Å². The van der Waals surface area contributed by atoms with Crippen LogP contribution < -0.4 is 16.4 Å². The number of aromatic nitrogens is 2. The van der Waals surface area contributed by atoms with E-state index in [0.717, 1.165) is 0 Å². The van der Waals surface area contributed by atoms with E-state index < -0.39 is 28.8 Å². The van der Waals surface area contributed by atoms with Crippen molar-refractivity contribution in [2.45, 2.75) is 19.6 Å². The highest BCUT2D eigenvalue weighted by Gasteiger charge is 2.38. The normalized spacial score (nSPS) is 16.2. The zero-order valence-corrected chi connectivity index (χ0v) is 14.7. The number of hydrogen-bond acceptors (Lipinski definition) is 7. The fourth-order valence-corrected chi connectivity index (χ4v) is 2.61. The lowest BCUT2D eigenvalue weighted by Gasteiger charge is -2.29. The largest absolute Gasteiger partial charge is 0.419 e. The molecule has 0 saturated carbocycles. The van der Waals surface area contributed by atoms with Crippen molar-refractivity contribution in [2.75, 3.05) is 5.32 Å². The van der Waals surface area contributed by atoms with E-state index >= 15 is 0 Å². The molecule has 1 aromatic heterocycles. The molecule has 3 rings (SSSR count). The summed E-state index contributed by atoms with van der Waals surface area (Å²) in [5.74, 6) is -2.90.